The average Bonchev–Trinajstić information content (AvgIpc) is 2.37. The Balaban J connectivity index is 2.29. The fourth-order valence-corrected chi connectivity index (χ4v) is 1.96. The number of ether oxygens (including phenoxy) is 1. The Morgan fingerprint density at radius 2 is 2.18 bits per heavy atom. The summed E-state index contributed by atoms with van der Waals surface area (Å²) < 4.78 is 5.06. The number of aromatic nitrogens is 1. The van der Waals surface area contributed by atoms with Gasteiger partial charge in [0.25, 0.3) is 0 Å². The first kappa shape index (κ1) is 12.0. The number of aliphatic hydroxyl groups is 1. The Labute approximate surface area is 101 Å². The van der Waals surface area contributed by atoms with Gasteiger partial charge in [0.1, 0.15) is 0 Å². The second-order valence-corrected chi connectivity index (χ2v) is 4.33. The first-order valence-electron chi connectivity index (χ1n) is 5.74. The zero-order valence-corrected chi connectivity index (χ0v) is 10.1. The number of fused-ring (bicyclic) bond motifs is 1. The molecular formula is C14H17NO2. The molecule has 0 aliphatic heterocycles. The van der Waals surface area contributed by atoms with Gasteiger partial charge in [-0.05, 0) is 23.8 Å². The van der Waals surface area contributed by atoms with Crippen LogP contribution in [0.2, 0.25) is 0 Å². The van der Waals surface area contributed by atoms with E-state index in [1.807, 2.05) is 37.3 Å². The van der Waals surface area contributed by atoms with Gasteiger partial charge in [0.2, 0.25) is 0 Å². The monoisotopic (exact) mass is 231 g/mol. The van der Waals surface area contributed by atoms with E-state index in [0.29, 0.717) is 6.61 Å². The molecule has 0 bridgehead atoms. The molecule has 0 fully saturated rings. The molecule has 0 aliphatic rings. The normalized spacial score (nSPS) is 14.8. The maximum absolute atomic E-state index is 10.2. The summed E-state index contributed by atoms with van der Waals surface area (Å²) in [5.74, 6) is 0.0779. The maximum atomic E-state index is 10.2. The van der Waals surface area contributed by atoms with Gasteiger partial charge >= 0.3 is 0 Å². The number of aliphatic hydroxyl groups excluding tert-OH is 1. The van der Waals surface area contributed by atoms with Crippen LogP contribution in [0.25, 0.3) is 10.9 Å². The molecule has 0 saturated heterocycles. The van der Waals surface area contributed by atoms with Crippen molar-refractivity contribution in [2.24, 2.45) is 5.92 Å². The van der Waals surface area contributed by atoms with E-state index in [1.54, 1.807) is 13.3 Å². The Bertz CT molecular complexity index is 498. The second kappa shape index (κ2) is 5.25. The van der Waals surface area contributed by atoms with E-state index in [4.69, 9.17) is 4.74 Å². The lowest BCUT2D eigenvalue weighted by Gasteiger charge is -2.18. The van der Waals surface area contributed by atoms with Gasteiger partial charge in [-0.3, -0.25) is 4.98 Å². The molecule has 2 rings (SSSR count). The van der Waals surface area contributed by atoms with Crippen LogP contribution < -0.4 is 0 Å². The van der Waals surface area contributed by atoms with Crippen LogP contribution in [0.4, 0.5) is 0 Å². The summed E-state index contributed by atoms with van der Waals surface area (Å²) in [5, 5.41) is 11.2. The molecule has 0 radical (unpaired) electrons. The molecule has 0 spiro atoms. The predicted octanol–water partition coefficient (Wildman–Crippen LogP) is 2.55. The maximum Gasteiger partial charge on any atom is 0.0837 e. The van der Waals surface area contributed by atoms with Gasteiger partial charge in [-0.25, -0.2) is 0 Å². The second-order valence-electron chi connectivity index (χ2n) is 4.33. The quantitative estimate of drug-likeness (QED) is 0.879. The minimum Gasteiger partial charge on any atom is -0.388 e. The summed E-state index contributed by atoms with van der Waals surface area (Å²) in [4.78, 5) is 4.26. The Kier molecular flexibility index (Phi) is 3.71. The topological polar surface area (TPSA) is 42.4 Å². The summed E-state index contributed by atoms with van der Waals surface area (Å²) in [6.07, 6.45) is 1.27. The summed E-state index contributed by atoms with van der Waals surface area (Å²) >= 11 is 0. The molecule has 1 N–H and O–H groups in total. The molecule has 17 heavy (non-hydrogen) atoms. The molecule has 0 saturated carbocycles. The number of rotatable bonds is 4. The van der Waals surface area contributed by atoms with Crippen LogP contribution in [0.3, 0.4) is 0 Å². The number of nitrogens with zero attached hydrogens (tertiary/aromatic N) is 1. The van der Waals surface area contributed by atoms with E-state index < -0.39 is 6.10 Å². The van der Waals surface area contributed by atoms with Crippen LogP contribution in [0.5, 0.6) is 0 Å². The van der Waals surface area contributed by atoms with Crippen molar-refractivity contribution in [1.29, 1.82) is 0 Å². The van der Waals surface area contributed by atoms with E-state index in [0.717, 1.165) is 16.5 Å². The number of hydrogen-bond donors (Lipinski definition) is 1. The Morgan fingerprint density at radius 3 is 2.94 bits per heavy atom. The highest BCUT2D eigenvalue weighted by atomic mass is 16.5. The number of hydrogen-bond acceptors (Lipinski definition) is 3. The van der Waals surface area contributed by atoms with E-state index in [-0.39, 0.29) is 5.92 Å². The highest BCUT2D eigenvalue weighted by molar-refractivity contribution is 5.79. The van der Waals surface area contributed by atoms with Gasteiger partial charge in [-0.1, -0.05) is 19.1 Å². The molecule has 1 aromatic heterocycles. The lowest BCUT2D eigenvalue weighted by molar-refractivity contribution is 0.0567. The molecule has 3 heteroatoms. The third-order valence-electron chi connectivity index (χ3n) is 2.94. The molecule has 2 unspecified atom stereocenters. The van der Waals surface area contributed by atoms with Gasteiger partial charge in [0.05, 0.1) is 18.2 Å². The van der Waals surface area contributed by atoms with E-state index >= 15 is 0 Å². The van der Waals surface area contributed by atoms with Crippen molar-refractivity contribution in [3.8, 4) is 0 Å². The molecule has 3 nitrogen and oxygen atoms in total. The van der Waals surface area contributed by atoms with Gasteiger partial charge in [0, 0.05) is 24.6 Å². The number of benzene rings is 1. The van der Waals surface area contributed by atoms with Crippen molar-refractivity contribution in [2.75, 3.05) is 13.7 Å². The number of pyridine rings is 1. The van der Waals surface area contributed by atoms with E-state index in [1.165, 1.54) is 0 Å². The van der Waals surface area contributed by atoms with Crippen molar-refractivity contribution < 1.29 is 9.84 Å². The average molecular weight is 231 g/mol. The van der Waals surface area contributed by atoms with Gasteiger partial charge in [0.15, 0.2) is 0 Å². The van der Waals surface area contributed by atoms with Crippen molar-refractivity contribution in [3.63, 3.8) is 0 Å². The SMILES string of the molecule is COCC(C)C(O)c1ccc2ncccc2c1. The lowest BCUT2D eigenvalue weighted by atomic mass is 9.97. The van der Waals surface area contributed by atoms with Gasteiger partial charge < -0.3 is 9.84 Å². The molecular weight excluding hydrogens is 214 g/mol. The first-order valence-corrected chi connectivity index (χ1v) is 5.74. The van der Waals surface area contributed by atoms with E-state index in [9.17, 15) is 5.11 Å². The highest BCUT2D eigenvalue weighted by Crippen LogP contribution is 2.24. The van der Waals surface area contributed by atoms with Crippen molar-refractivity contribution >= 4 is 10.9 Å². The van der Waals surface area contributed by atoms with Crippen LogP contribution in [0.1, 0.15) is 18.6 Å². The minimum absolute atomic E-state index is 0.0779. The summed E-state index contributed by atoms with van der Waals surface area (Å²) in [7, 11) is 1.65. The molecule has 1 aromatic carbocycles. The van der Waals surface area contributed by atoms with Crippen molar-refractivity contribution in [3.05, 3.63) is 42.1 Å². The molecule has 2 aromatic rings. The molecule has 1 heterocycles. The molecule has 90 valence electrons. The zero-order valence-electron chi connectivity index (χ0n) is 10.1. The lowest BCUT2D eigenvalue weighted by Crippen LogP contribution is -2.14. The Hall–Kier alpha value is -1.45. The van der Waals surface area contributed by atoms with Gasteiger partial charge in [-0.2, -0.15) is 0 Å². The predicted molar refractivity (Wildman–Crippen MR) is 67.7 cm³/mol. The molecule has 0 aliphatic carbocycles. The number of methoxy groups -OCH3 is 1. The molecule has 0 amide bonds. The van der Waals surface area contributed by atoms with Crippen LogP contribution in [0.15, 0.2) is 36.5 Å². The fraction of sp³-hybridized carbons (Fsp3) is 0.357. The van der Waals surface area contributed by atoms with Crippen molar-refractivity contribution in [1.82, 2.24) is 4.98 Å². The van der Waals surface area contributed by atoms with Crippen molar-refractivity contribution in [2.45, 2.75) is 13.0 Å². The highest BCUT2D eigenvalue weighted by Gasteiger charge is 2.16. The summed E-state index contributed by atoms with van der Waals surface area (Å²) in [5.41, 5.74) is 1.86. The minimum atomic E-state index is -0.500. The Morgan fingerprint density at radius 1 is 1.35 bits per heavy atom. The third kappa shape index (κ3) is 2.62. The summed E-state index contributed by atoms with van der Waals surface area (Å²) in [6, 6.07) is 9.75. The fourth-order valence-electron chi connectivity index (χ4n) is 1.96. The van der Waals surface area contributed by atoms with Crippen LogP contribution in [-0.2, 0) is 4.74 Å². The first-order chi connectivity index (χ1) is 8.22. The van der Waals surface area contributed by atoms with E-state index in [2.05, 4.69) is 4.98 Å². The largest absolute Gasteiger partial charge is 0.388 e. The van der Waals surface area contributed by atoms with Crippen LogP contribution in [-0.4, -0.2) is 23.8 Å². The van der Waals surface area contributed by atoms with Gasteiger partial charge in [-0.15, -0.1) is 0 Å². The third-order valence-corrected chi connectivity index (χ3v) is 2.94. The standard InChI is InChI=1S/C14H17NO2/c1-10(9-17-2)14(16)12-5-6-13-11(8-12)4-3-7-15-13/h3-8,10,14,16H,9H2,1-2H3. The zero-order chi connectivity index (χ0) is 12.3. The summed E-state index contributed by atoms with van der Waals surface area (Å²) in [6.45, 7) is 2.52. The van der Waals surface area contributed by atoms with Crippen LogP contribution >= 0.6 is 0 Å². The molecule has 2 atom stereocenters. The van der Waals surface area contributed by atoms with Crippen LogP contribution in [0, 0.1) is 5.92 Å². The smallest absolute Gasteiger partial charge is 0.0837 e.